The van der Waals surface area contributed by atoms with Crippen molar-refractivity contribution >= 4 is 23.3 Å². The van der Waals surface area contributed by atoms with Crippen LogP contribution >= 0.6 is 0 Å². The molecule has 13 heteroatoms. The molecule has 3 rings (SSSR count). The first kappa shape index (κ1) is 50.7. The summed E-state index contributed by atoms with van der Waals surface area (Å²) in [5, 5.41) is 67.7. The number of carbonyl (C=O) groups is 4. The highest BCUT2D eigenvalue weighted by Crippen LogP contribution is 2.51. The van der Waals surface area contributed by atoms with Crippen molar-refractivity contribution in [3.63, 3.8) is 0 Å². The summed E-state index contributed by atoms with van der Waals surface area (Å²) >= 11 is 0. The van der Waals surface area contributed by atoms with Gasteiger partial charge in [-0.15, -0.1) is 0 Å². The first-order valence-corrected chi connectivity index (χ1v) is 21.8. The fourth-order valence-corrected chi connectivity index (χ4v) is 9.21. The van der Waals surface area contributed by atoms with E-state index < -0.39 is 119 Å². The molecular formula is C46H74O13. The minimum absolute atomic E-state index is 0.0123. The van der Waals surface area contributed by atoms with E-state index in [-0.39, 0.29) is 31.1 Å². The van der Waals surface area contributed by atoms with E-state index in [1.54, 1.807) is 34.6 Å². The smallest absolute Gasteiger partial charge is 0.330 e. The van der Waals surface area contributed by atoms with Crippen LogP contribution < -0.4 is 0 Å². The van der Waals surface area contributed by atoms with Crippen molar-refractivity contribution in [2.24, 2.45) is 47.3 Å². The third-order valence-corrected chi connectivity index (χ3v) is 13.6. The number of aliphatic hydroxyl groups excluding tert-OH is 4. The van der Waals surface area contributed by atoms with Crippen LogP contribution in [0.5, 0.6) is 0 Å². The Morgan fingerprint density at radius 3 is 2.05 bits per heavy atom. The van der Waals surface area contributed by atoms with Crippen molar-refractivity contribution in [2.75, 3.05) is 0 Å². The van der Waals surface area contributed by atoms with Gasteiger partial charge < -0.3 is 44.8 Å². The maximum Gasteiger partial charge on any atom is 0.330 e. The molecule has 0 unspecified atom stereocenters. The Hall–Kier alpha value is -2.62. The lowest BCUT2D eigenvalue weighted by Gasteiger charge is -2.58. The normalized spacial score (nSPS) is 46.3. The Morgan fingerprint density at radius 1 is 0.831 bits per heavy atom. The maximum absolute atomic E-state index is 14.2. The Labute approximate surface area is 351 Å². The van der Waals surface area contributed by atoms with Gasteiger partial charge in [0.1, 0.15) is 17.5 Å². The molecule has 2 fully saturated rings. The number of rotatable bonds is 4. The molecule has 0 aromatic heterocycles. The zero-order valence-corrected chi connectivity index (χ0v) is 37.1. The molecule has 6 N–H and O–H groups in total. The van der Waals surface area contributed by atoms with Crippen LogP contribution in [-0.4, -0.2) is 114 Å². The van der Waals surface area contributed by atoms with Gasteiger partial charge in [0.05, 0.1) is 36.6 Å². The van der Waals surface area contributed by atoms with E-state index in [2.05, 4.69) is 0 Å². The van der Waals surface area contributed by atoms with Crippen LogP contribution in [0, 0.1) is 47.3 Å². The van der Waals surface area contributed by atoms with Crippen molar-refractivity contribution in [1.82, 2.24) is 0 Å². The van der Waals surface area contributed by atoms with Crippen molar-refractivity contribution < 1.29 is 64.0 Å². The Morgan fingerprint density at radius 2 is 1.46 bits per heavy atom. The zero-order chi connectivity index (χ0) is 44.8. The number of fused-ring (bicyclic) bond motifs is 2. The van der Waals surface area contributed by atoms with Crippen LogP contribution in [0.25, 0.3) is 0 Å². The van der Waals surface area contributed by atoms with E-state index in [0.717, 1.165) is 12.5 Å². The second kappa shape index (κ2) is 21.0. The number of ether oxygens (including phenoxy) is 3. The summed E-state index contributed by atoms with van der Waals surface area (Å²) < 4.78 is 19.3. The lowest BCUT2D eigenvalue weighted by atomic mass is 9.69. The number of ketones is 3. The number of allylic oxidation sites excluding steroid dienone is 4. The molecule has 0 aromatic rings. The molecule has 3 aliphatic rings. The third kappa shape index (κ3) is 11.1. The van der Waals surface area contributed by atoms with Gasteiger partial charge in [-0.25, -0.2) is 4.79 Å². The average molecular weight is 835 g/mol. The largest absolute Gasteiger partial charge is 0.456 e. The van der Waals surface area contributed by atoms with Crippen LogP contribution in [0.2, 0.25) is 0 Å². The molecule has 1 spiro atoms. The Balaban J connectivity index is 2.09. The van der Waals surface area contributed by atoms with Gasteiger partial charge in [-0.1, -0.05) is 92.7 Å². The SMILES string of the molecule is CC[C@@H]1/C=C/C=C/C[C@H](C)[C@@H](O)[C@](C)(O)C(=O)[C@H](C)[C@@H](O)[C@H](C)C(=O)[C@H](C)[C@@H](O)[C@H](C)/C=C/C(=O)O[C@H]2[C@@H](C)[C@@H](CC1)O[C@]1(O[C@H](C[C@H](C)O)[C@H](C)CC1=O)[C@@]2(O)CC. The highest BCUT2D eigenvalue weighted by Gasteiger charge is 2.70. The highest BCUT2D eigenvalue weighted by atomic mass is 16.7. The van der Waals surface area contributed by atoms with Gasteiger partial charge in [0, 0.05) is 42.1 Å². The van der Waals surface area contributed by atoms with E-state index in [1.807, 2.05) is 38.2 Å². The fraction of sp³-hybridized carbons (Fsp3) is 0.783. The topological polar surface area (TPSA) is 217 Å². The first-order chi connectivity index (χ1) is 27.4. The summed E-state index contributed by atoms with van der Waals surface area (Å²) in [6, 6.07) is 0. The van der Waals surface area contributed by atoms with E-state index in [9.17, 15) is 49.8 Å². The predicted octanol–water partition coefficient (Wildman–Crippen LogP) is 4.57. The molecule has 59 heavy (non-hydrogen) atoms. The molecule has 0 saturated carbocycles. The number of hydrogen-bond acceptors (Lipinski definition) is 13. The predicted molar refractivity (Wildman–Crippen MR) is 221 cm³/mol. The Bertz CT molecular complexity index is 1540. The van der Waals surface area contributed by atoms with Crippen LogP contribution in [0.15, 0.2) is 36.5 Å². The number of carbonyl (C=O) groups excluding carboxylic acids is 4. The number of Topliss-reactive ketones (excluding diaryl/α,β-unsaturated/α-hetero) is 3. The van der Waals surface area contributed by atoms with Crippen LogP contribution in [-0.2, 0) is 33.4 Å². The second-order valence-corrected chi connectivity index (χ2v) is 18.3. The molecule has 3 heterocycles. The van der Waals surface area contributed by atoms with E-state index >= 15 is 0 Å². The molecule has 0 aromatic carbocycles. The first-order valence-electron chi connectivity index (χ1n) is 21.8. The van der Waals surface area contributed by atoms with Gasteiger partial charge in [-0.3, -0.25) is 14.4 Å². The fourth-order valence-electron chi connectivity index (χ4n) is 9.21. The van der Waals surface area contributed by atoms with Gasteiger partial charge in [-0.05, 0) is 70.1 Å². The standard InChI is InChI=1S/C46H74O13/c1-12-33-18-16-14-15-17-26(4)41(53)44(11,55)42(54)32(10)40(52)31(9)39(51)30(8)38(50)25(3)19-22-37(49)57-43-29(7)34(21-20-33)58-46(45(43,56)13-2)36(48)23-27(5)35(59-46)24-28(6)47/h14-16,18-19,22,25-35,38,40-41,43,47,50,52-53,55-56H,12-13,17,20-21,23-24H2,1-11H3/b15-14+,18-16+,22-19+/t25-,26+,27-,28+,29+,30-,31-,32-,33-,34-,35-,38+,40+,41-,43+,44+,45-,46-/m1/s1. The summed E-state index contributed by atoms with van der Waals surface area (Å²) in [5.74, 6) is -10.5. The molecule has 0 radical (unpaired) electrons. The van der Waals surface area contributed by atoms with Crippen molar-refractivity contribution in [3.8, 4) is 0 Å². The third-order valence-electron chi connectivity index (χ3n) is 13.6. The molecule has 2 bridgehead atoms. The molecule has 3 aliphatic heterocycles. The second-order valence-electron chi connectivity index (χ2n) is 18.3. The average Bonchev–Trinajstić information content (AvgIpc) is 3.19. The summed E-state index contributed by atoms with van der Waals surface area (Å²) in [5.41, 5.74) is -4.34. The summed E-state index contributed by atoms with van der Waals surface area (Å²) in [7, 11) is 0. The lowest BCUT2D eigenvalue weighted by molar-refractivity contribution is -0.393. The summed E-state index contributed by atoms with van der Waals surface area (Å²) in [6.45, 7) is 17.8. The summed E-state index contributed by atoms with van der Waals surface area (Å²) in [4.78, 5) is 54.9. The van der Waals surface area contributed by atoms with Gasteiger partial charge in [0.2, 0.25) is 0 Å². The molecule has 2 saturated heterocycles. The van der Waals surface area contributed by atoms with Gasteiger partial charge in [-0.2, -0.15) is 0 Å². The van der Waals surface area contributed by atoms with Crippen LogP contribution in [0.4, 0.5) is 0 Å². The van der Waals surface area contributed by atoms with Gasteiger partial charge >= 0.3 is 5.97 Å². The minimum Gasteiger partial charge on any atom is -0.456 e. The molecule has 13 nitrogen and oxygen atoms in total. The van der Waals surface area contributed by atoms with Crippen LogP contribution in [0.3, 0.4) is 0 Å². The number of hydrogen-bond donors (Lipinski definition) is 6. The van der Waals surface area contributed by atoms with E-state index in [0.29, 0.717) is 19.3 Å². The van der Waals surface area contributed by atoms with Gasteiger partial charge in [0.25, 0.3) is 5.79 Å². The monoisotopic (exact) mass is 835 g/mol. The van der Waals surface area contributed by atoms with Crippen LogP contribution in [0.1, 0.15) is 121 Å². The highest BCUT2D eigenvalue weighted by molar-refractivity contribution is 5.91. The molecule has 336 valence electrons. The minimum atomic E-state index is -2.23. The quantitative estimate of drug-likeness (QED) is 0.214. The number of esters is 1. The Kier molecular flexibility index (Phi) is 18.0. The van der Waals surface area contributed by atoms with Crippen molar-refractivity contribution in [2.45, 2.75) is 181 Å². The molecule has 0 aliphatic carbocycles. The lowest BCUT2D eigenvalue weighted by Crippen LogP contribution is -2.76. The maximum atomic E-state index is 14.2. The zero-order valence-electron chi connectivity index (χ0n) is 37.1. The van der Waals surface area contributed by atoms with Gasteiger partial charge in [0.15, 0.2) is 17.2 Å². The number of aliphatic hydroxyl groups is 6. The van der Waals surface area contributed by atoms with E-state index in [4.69, 9.17) is 14.2 Å². The van der Waals surface area contributed by atoms with E-state index in [1.165, 1.54) is 33.8 Å². The summed E-state index contributed by atoms with van der Waals surface area (Å²) in [6.07, 6.45) is 4.55. The molecule has 18 atom stereocenters. The molecule has 0 amide bonds. The molecular weight excluding hydrogens is 760 g/mol. The van der Waals surface area contributed by atoms with Crippen molar-refractivity contribution in [1.29, 1.82) is 0 Å². The van der Waals surface area contributed by atoms with Crippen molar-refractivity contribution in [3.05, 3.63) is 36.5 Å².